The predicted octanol–water partition coefficient (Wildman–Crippen LogP) is 4.71. The summed E-state index contributed by atoms with van der Waals surface area (Å²) >= 11 is 0. The van der Waals surface area contributed by atoms with E-state index in [4.69, 9.17) is 10.1 Å². The second-order valence-electron chi connectivity index (χ2n) is 7.61. The monoisotopic (exact) mass is 442 g/mol. The first kappa shape index (κ1) is 23.5. The van der Waals surface area contributed by atoms with Gasteiger partial charge >= 0.3 is 6.03 Å². The molecule has 3 aromatic rings. The molecule has 0 fully saturated rings. The lowest BCUT2D eigenvalue weighted by Crippen LogP contribution is -2.43. The smallest absolute Gasteiger partial charge is 0.346 e. The summed E-state index contributed by atoms with van der Waals surface area (Å²) in [6.45, 7) is 3.73. The van der Waals surface area contributed by atoms with Gasteiger partial charge in [-0.1, -0.05) is 60.2 Å². The molecular formula is C26H26N4O3. The predicted molar refractivity (Wildman–Crippen MR) is 126 cm³/mol. The van der Waals surface area contributed by atoms with Crippen LogP contribution >= 0.6 is 0 Å². The van der Waals surface area contributed by atoms with Crippen molar-refractivity contribution in [2.45, 2.75) is 26.5 Å². The molecule has 33 heavy (non-hydrogen) atoms. The van der Waals surface area contributed by atoms with Gasteiger partial charge in [0, 0.05) is 5.69 Å². The summed E-state index contributed by atoms with van der Waals surface area (Å²) in [6.07, 6.45) is 0. The Bertz CT molecular complexity index is 1110. The van der Waals surface area contributed by atoms with Crippen LogP contribution < -0.4 is 10.6 Å². The number of amides is 3. The zero-order chi connectivity index (χ0) is 23.6. The van der Waals surface area contributed by atoms with Crippen LogP contribution in [0.3, 0.4) is 0 Å². The lowest BCUT2D eigenvalue weighted by Gasteiger charge is -2.23. The van der Waals surface area contributed by atoms with E-state index in [1.807, 2.05) is 74.5 Å². The lowest BCUT2D eigenvalue weighted by atomic mass is 10.1. The highest BCUT2D eigenvalue weighted by Gasteiger charge is 2.20. The van der Waals surface area contributed by atoms with Crippen LogP contribution in [0.25, 0.3) is 0 Å². The Hall–Kier alpha value is -4.15. The van der Waals surface area contributed by atoms with Gasteiger partial charge in [0.25, 0.3) is 0 Å². The van der Waals surface area contributed by atoms with E-state index in [2.05, 4.69) is 10.6 Å². The molecule has 0 heterocycles. The fourth-order valence-corrected chi connectivity index (χ4v) is 3.07. The first-order valence-corrected chi connectivity index (χ1v) is 10.6. The molecule has 3 rings (SSSR count). The van der Waals surface area contributed by atoms with Crippen LogP contribution in [0.2, 0.25) is 0 Å². The summed E-state index contributed by atoms with van der Waals surface area (Å²) < 4.78 is 0. The molecule has 7 heteroatoms. The molecule has 1 atom stereocenters. The topological polar surface area (TPSA) is 94.5 Å². The summed E-state index contributed by atoms with van der Waals surface area (Å²) in [5.74, 6) is -0.355. The van der Waals surface area contributed by atoms with Crippen LogP contribution in [0.4, 0.5) is 10.5 Å². The van der Waals surface area contributed by atoms with Gasteiger partial charge in [-0.25, -0.2) is 4.79 Å². The van der Waals surface area contributed by atoms with Gasteiger partial charge in [0.05, 0.1) is 17.7 Å². The van der Waals surface area contributed by atoms with Gasteiger partial charge in [0.1, 0.15) is 13.2 Å². The van der Waals surface area contributed by atoms with E-state index in [-0.39, 0.29) is 25.1 Å². The number of hydroxylamine groups is 2. The standard InChI is InChI=1S/C26H26N4O3/c1-19-8-12-23(13-9-19)20(2)28-25(31)17-30(33-18-22-6-4-3-5-7-22)26(32)29-24-14-10-21(16-27)11-15-24/h3-15,20H,17-18H2,1-2H3,(H,28,31)(H,29,32). The van der Waals surface area contributed by atoms with Crippen LogP contribution in [0.1, 0.15) is 35.2 Å². The Morgan fingerprint density at radius 3 is 2.30 bits per heavy atom. The molecule has 0 aliphatic rings. The van der Waals surface area contributed by atoms with Crippen LogP contribution in [0.15, 0.2) is 78.9 Å². The maximum absolute atomic E-state index is 12.9. The third kappa shape index (κ3) is 7.20. The van der Waals surface area contributed by atoms with E-state index in [1.54, 1.807) is 24.3 Å². The molecule has 168 valence electrons. The number of hydrogen-bond acceptors (Lipinski definition) is 4. The molecule has 0 bridgehead atoms. The number of nitriles is 1. The fraction of sp³-hybridized carbons (Fsp3) is 0.192. The Balaban J connectivity index is 1.66. The lowest BCUT2D eigenvalue weighted by molar-refractivity contribution is -0.147. The van der Waals surface area contributed by atoms with Crippen molar-refractivity contribution in [3.05, 3.63) is 101 Å². The van der Waals surface area contributed by atoms with Crippen molar-refractivity contribution in [2.75, 3.05) is 11.9 Å². The SMILES string of the molecule is Cc1ccc(C(C)NC(=O)CN(OCc2ccccc2)C(=O)Nc2ccc(C#N)cc2)cc1. The third-order valence-corrected chi connectivity index (χ3v) is 4.96. The molecule has 3 aromatic carbocycles. The van der Waals surface area contributed by atoms with Gasteiger partial charge in [-0.05, 0) is 49.2 Å². The summed E-state index contributed by atoms with van der Waals surface area (Å²) in [6, 6.07) is 24.9. The first-order chi connectivity index (χ1) is 15.9. The first-order valence-electron chi connectivity index (χ1n) is 10.6. The van der Waals surface area contributed by atoms with E-state index in [9.17, 15) is 9.59 Å². The molecule has 3 amide bonds. The highest BCUT2D eigenvalue weighted by molar-refractivity contribution is 5.91. The molecule has 7 nitrogen and oxygen atoms in total. The van der Waals surface area contributed by atoms with Crippen molar-refractivity contribution in [3.63, 3.8) is 0 Å². The van der Waals surface area contributed by atoms with Crippen molar-refractivity contribution < 1.29 is 14.4 Å². The van der Waals surface area contributed by atoms with Gasteiger partial charge in [0.15, 0.2) is 0 Å². The number of hydrogen-bond donors (Lipinski definition) is 2. The number of aryl methyl sites for hydroxylation is 1. The Kier molecular flexibility index (Phi) is 8.17. The number of benzene rings is 3. The van der Waals surface area contributed by atoms with Crippen molar-refractivity contribution in [3.8, 4) is 6.07 Å². The molecule has 1 unspecified atom stereocenters. The van der Waals surface area contributed by atoms with E-state index in [1.165, 1.54) is 0 Å². The number of rotatable bonds is 8. The number of nitrogens with one attached hydrogen (secondary N) is 2. The van der Waals surface area contributed by atoms with Gasteiger partial charge in [-0.15, -0.1) is 0 Å². The van der Waals surface area contributed by atoms with Gasteiger partial charge in [-0.3, -0.25) is 9.63 Å². The average molecular weight is 443 g/mol. The van der Waals surface area contributed by atoms with E-state index in [0.29, 0.717) is 11.3 Å². The molecule has 0 saturated heterocycles. The van der Waals surface area contributed by atoms with E-state index < -0.39 is 6.03 Å². The summed E-state index contributed by atoms with van der Waals surface area (Å²) in [7, 11) is 0. The minimum atomic E-state index is -0.589. The van der Waals surface area contributed by atoms with Crippen molar-refractivity contribution >= 4 is 17.6 Å². The second-order valence-corrected chi connectivity index (χ2v) is 7.61. The molecular weight excluding hydrogens is 416 g/mol. The van der Waals surface area contributed by atoms with Crippen molar-refractivity contribution in [2.24, 2.45) is 0 Å². The molecule has 0 radical (unpaired) electrons. The second kappa shape index (κ2) is 11.5. The number of carbonyl (C=O) groups excluding carboxylic acids is 2. The number of anilines is 1. The van der Waals surface area contributed by atoms with Crippen LogP contribution in [0, 0.1) is 18.3 Å². The highest BCUT2D eigenvalue weighted by atomic mass is 16.7. The van der Waals surface area contributed by atoms with Crippen molar-refractivity contribution in [1.29, 1.82) is 5.26 Å². The normalized spacial score (nSPS) is 11.2. The van der Waals surface area contributed by atoms with Crippen LogP contribution in [-0.2, 0) is 16.2 Å². The molecule has 2 N–H and O–H groups in total. The largest absolute Gasteiger partial charge is 0.348 e. The Labute approximate surface area is 193 Å². The minimum Gasteiger partial charge on any atom is -0.348 e. The van der Waals surface area contributed by atoms with Crippen LogP contribution in [-0.4, -0.2) is 23.5 Å². The van der Waals surface area contributed by atoms with Crippen molar-refractivity contribution in [1.82, 2.24) is 10.4 Å². The molecule has 0 saturated carbocycles. The average Bonchev–Trinajstić information content (AvgIpc) is 2.83. The van der Waals surface area contributed by atoms with Gasteiger partial charge < -0.3 is 10.6 Å². The number of nitrogens with zero attached hydrogens (tertiary/aromatic N) is 2. The highest BCUT2D eigenvalue weighted by Crippen LogP contribution is 2.14. The minimum absolute atomic E-state index is 0.127. The zero-order valence-corrected chi connectivity index (χ0v) is 18.6. The van der Waals surface area contributed by atoms with Gasteiger partial charge in [0.2, 0.25) is 5.91 Å². The van der Waals surface area contributed by atoms with E-state index in [0.717, 1.165) is 21.8 Å². The summed E-state index contributed by atoms with van der Waals surface area (Å²) in [5.41, 5.74) is 3.93. The van der Waals surface area contributed by atoms with E-state index >= 15 is 0 Å². The Morgan fingerprint density at radius 1 is 1.00 bits per heavy atom. The quantitative estimate of drug-likeness (QED) is 0.494. The maximum atomic E-state index is 12.9. The Morgan fingerprint density at radius 2 is 1.67 bits per heavy atom. The van der Waals surface area contributed by atoms with Gasteiger partial charge in [-0.2, -0.15) is 10.3 Å². The number of carbonyl (C=O) groups is 2. The number of urea groups is 1. The third-order valence-electron chi connectivity index (χ3n) is 4.96. The zero-order valence-electron chi connectivity index (χ0n) is 18.6. The maximum Gasteiger partial charge on any atom is 0.346 e. The fourth-order valence-electron chi connectivity index (χ4n) is 3.07. The summed E-state index contributed by atoms with van der Waals surface area (Å²) in [5, 5.41) is 15.5. The molecule has 0 aliphatic carbocycles. The summed E-state index contributed by atoms with van der Waals surface area (Å²) in [4.78, 5) is 31.3. The molecule has 0 aromatic heterocycles. The van der Waals surface area contributed by atoms with Crippen LogP contribution in [0.5, 0.6) is 0 Å². The molecule has 0 spiro atoms. The molecule has 0 aliphatic heterocycles.